The molecule has 0 aliphatic carbocycles. The lowest BCUT2D eigenvalue weighted by Gasteiger charge is -2.00. The Bertz CT molecular complexity index is 665. The summed E-state index contributed by atoms with van der Waals surface area (Å²) in [6, 6.07) is 14.6. The molecule has 3 heteroatoms. The van der Waals surface area contributed by atoms with E-state index in [1.165, 1.54) is 7.11 Å². The van der Waals surface area contributed by atoms with Crippen molar-refractivity contribution in [1.82, 2.24) is 0 Å². The maximum atomic E-state index is 11.3. The van der Waals surface area contributed by atoms with E-state index in [1.807, 2.05) is 48.6 Å². The van der Waals surface area contributed by atoms with E-state index in [9.17, 15) is 9.59 Å². The molecule has 0 aliphatic rings. The van der Waals surface area contributed by atoms with Crippen molar-refractivity contribution in [3.05, 3.63) is 70.8 Å². The molecule has 0 bridgehead atoms. The van der Waals surface area contributed by atoms with Gasteiger partial charge in [0.05, 0.1) is 12.7 Å². The van der Waals surface area contributed by atoms with Gasteiger partial charge in [-0.15, -0.1) is 0 Å². The molecule has 0 amide bonds. The first-order chi connectivity index (χ1) is 10.1. The summed E-state index contributed by atoms with van der Waals surface area (Å²) in [4.78, 5) is 22.5. The molecule has 21 heavy (non-hydrogen) atoms. The first kappa shape index (κ1) is 14.7. The second-order valence-corrected chi connectivity index (χ2v) is 4.63. The number of benzene rings is 2. The standard InChI is InChI=1S/C18H16O3/c1-13(19)16-9-5-14(6-10-16)3-4-15-7-11-17(12-8-15)18(20)21-2/h3-12H,1-2H3. The van der Waals surface area contributed by atoms with Gasteiger partial charge in [0.25, 0.3) is 0 Å². The maximum absolute atomic E-state index is 11.3. The van der Waals surface area contributed by atoms with Gasteiger partial charge in [-0.1, -0.05) is 48.6 Å². The summed E-state index contributed by atoms with van der Waals surface area (Å²) in [5.74, 6) is -0.283. The molecule has 0 spiro atoms. The molecule has 3 nitrogen and oxygen atoms in total. The molecule has 0 N–H and O–H groups in total. The Hall–Kier alpha value is -2.68. The Morgan fingerprint density at radius 3 is 1.62 bits per heavy atom. The second-order valence-electron chi connectivity index (χ2n) is 4.63. The Morgan fingerprint density at radius 1 is 0.810 bits per heavy atom. The number of methoxy groups -OCH3 is 1. The third-order valence-electron chi connectivity index (χ3n) is 3.12. The third-order valence-corrected chi connectivity index (χ3v) is 3.12. The molecule has 0 unspecified atom stereocenters. The molecule has 106 valence electrons. The fourth-order valence-electron chi connectivity index (χ4n) is 1.87. The van der Waals surface area contributed by atoms with Gasteiger partial charge in [-0.05, 0) is 30.2 Å². The van der Waals surface area contributed by atoms with Gasteiger partial charge in [0.2, 0.25) is 0 Å². The molecule has 0 aliphatic heterocycles. The van der Waals surface area contributed by atoms with E-state index in [2.05, 4.69) is 4.74 Å². The smallest absolute Gasteiger partial charge is 0.337 e. The number of carbonyl (C=O) groups excluding carboxylic acids is 2. The molecule has 0 saturated heterocycles. The Morgan fingerprint density at radius 2 is 1.24 bits per heavy atom. The Balaban J connectivity index is 2.10. The summed E-state index contributed by atoms with van der Waals surface area (Å²) >= 11 is 0. The quantitative estimate of drug-likeness (QED) is 0.485. The van der Waals surface area contributed by atoms with E-state index in [-0.39, 0.29) is 11.8 Å². The first-order valence-electron chi connectivity index (χ1n) is 6.57. The lowest BCUT2D eigenvalue weighted by Crippen LogP contribution is -2.00. The maximum Gasteiger partial charge on any atom is 0.337 e. The second kappa shape index (κ2) is 6.66. The number of esters is 1. The molecule has 2 aromatic rings. The molecule has 2 aromatic carbocycles. The lowest BCUT2D eigenvalue weighted by atomic mass is 10.1. The van der Waals surface area contributed by atoms with Crippen LogP contribution in [0, 0.1) is 0 Å². The molecule has 0 heterocycles. The normalized spacial score (nSPS) is 10.6. The van der Waals surface area contributed by atoms with E-state index in [1.54, 1.807) is 19.1 Å². The van der Waals surface area contributed by atoms with Crippen LogP contribution in [0.2, 0.25) is 0 Å². The van der Waals surface area contributed by atoms with Crippen LogP contribution in [0.3, 0.4) is 0 Å². The van der Waals surface area contributed by atoms with Crippen molar-refractivity contribution < 1.29 is 14.3 Å². The van der Waals surface area contributed by atoms with Crippen LogP contribution in [-0.2, 0) is 4.74 Å². The molecule has 0 fully saturated rings. The minimum Gasteiger partial charge on any atom is -0.465 e. The summed E-state index contributed by atoms with van der Waals surface area (Å²) in [6.07, 6.45) is 3.90. The number of hydrogen-bond donors (Lipinski definition) is 0. The van der Waals surface area contributed by atoms with Crippen LogP contribution in [0.25, 0.3) is 12.2 Å². The summed E-state index contributed by atoms with van der Waals surface area (Å²) in [5, 5.41) is 0. The Kier molecular flexibility index (Phi) is 4.67. The number of ketones is 1. The van der Waals surface area contributed by atoms with Crippen molar-refractivity contribution in [3.8, 4) is 0 Å². The summed E-state index contributed by atoms with van der Waals surface area (Å²) in [7, 11) is 1.36. The van der Waals surface area contributed by atoms with E-state index < -0.39 is 0 Å². The van der Waals surface area contributed by atoms with Crippen molar-refractivity contribution in [2.24, 2.45) is 0 Å². The van der Waals surface area contributed by atoms with E-state index in [0.717, 1.165) is 11.1 Å². The SMILES string of the molecule is COC(=O)c1ccc(C=Cc2ccc(C(C)=O)cc2)cc1. The predicted octanol–water partition coefficient (Wildman–Crippen LogP) is 3.85. The summed E-state index contributed by atoms with van der Waals surface area (Å²) in [5.41, 5.74) is 3.23. The van der Waals surface area contributed by atoms with E-state index >= 15 is 0 Å². The van der Waals surface area contributed by atoms with Crippen LogP contribution in [-0.4, -0.2) is 18.9 Å². The molecule has 2 rings (SSSR count). The largest absolute Gasteiger partial charge is 0.465 e. The van der Waals surface area contributed by atoms with Crippen LogP contribution in [0.15, 0.2) is 48.5 Å². The Labute approximate surface area is 123 Å². The minimum atomic E-state index is -0.342. The van der Waals surface area contributed by atoms with Crippen LogP contribution in [0.5, 0.6) is 0 Å². The van der Waals surface area contributed by atoms with Crippen LogP contribution < -0.4 is 0 Å². The monoisotopic (exact) mass is 280 g/mol. The molecule has 0 atom stereocenters. The highest BCUT2D eigenvalue weighted by Gasteiger charge is 2.03. The highest BCUT2D eigenvalue weighted by molar-refractivity contribution is 5.94. The van der Waals surface area contributed by atoms with Gasteiger partial charge < -0.3 is 4.74 Å². The van der Waals surface area contributed by atoms with E-state index in [4.69, 9.17) is 0 Å². The molecule has 0 radical (unpaired) electrons. The van der Waals surface area contributed by atoms with Gasteiger partial charge in [-0.25, -0.2) is 4.79 Å². The summed E-state index contributed by atoms with van der Waals surface area (Å²) in [6.45, 7) is 1.55. The van der Waals surface area contributed by atoms with Gasteiger partial charge in [-0.2, -0.15) is 0 Å². The number of hydrogen-bond acceptors (Lipinski definition) is 3. The fraction of sp³-hybridized carbons (Fsp3) is 0.111. The van der Waals surface area contributed by atoms with Crippen molar-refractivity contribution in [1.29, 1.82) is 0 Å². The third kappa shape index (κ3) is 3.89. The number of ether oxygens (including phenoxy) is 1. The van der Waals surface area contributed by atoms with Gasteiger partial charge in [-0.3, -0.25) is 4.79 Å². The van der Waals surface area contributed by atoms with Crippen LogP contribution in [0.1, 0.15) is 38.8 Å². The van der Waals surface area contributed by atoms with Crippen molar-refractivity contribution in [3.63, 3.8) is 0 Å². The number of rotatable bonds is 4. The number of Topliss-reactive ketones (excluding diaryl/α,β-unsaturated/α-hetero) is 1. The van der Waals surface area contributed by atoms with Gasteiger partial charge >= 0.3 is 5.97 Å². The fourth-order valence-corrected chi connectivity index (χ4v) is 1.87. The van der Waals surface area contributed by atoms with Crippen molar-refractivity contribution in [2.75, 3.05) is 7.11 Å². The topological polar surface area (TPSA) is 43.4 Å². The van der Waals surface area contributed by atoms with Crippen LogP contribution in [0.4, 0.5) is 0 Å². The van der Waals surface area contributed by atoms with Crippen LogP contribution >= 0.6 is 0 Å². The highest BCUT2D eigenvalue weighted by Crippen LogP contribution is 2.11. The average molecular weight is 280 g/mol. The van der Waals surface area contributed by atoms with Crippen molar-refractivity contribution in [2.45, 2.75) is 6.92 Å². The van der Waals surface area contributed by atoms with Gasteiger partial charge in [0.15, 0.2) is 5.78 Å². The summed E-state index contributed by atoms with van der Waals surface area (Å²) < 4.78 is 4.65. The zero-order valence-electron chi connectivity index (χ0n) is 12.0. The number of carbonyl (C=O) groups is 2. The van der Waals surface area contributed by atoms with Crippen molar-refractivity contribution >= 4 is 23.9 Å². The highest BCUT2D eigenvalue weighted by atomic mass is 16.5. The zero-order valence-corrected chi connectivity index (χ0v) is 12.0. The van der Waals surface area contributed by atoms with E-state index in [0.29, 0.717) is 11.1 Å². The average Bonchev–Trinajstić information content (AvgIpc) is 2.53. The minimum absolute atomic E-state index is 0.0592. The molecular formula is C18H16O3. The molecule has 0 aromatic heterocycles. The van der Waals surface area contributed by atoms with Gasteiger partial charge in [0, 0.05) is 5.56 Å². The zero-order chi connectivity index (χ0) is 15.2. The first-order valence-corrected chi connectivity index (χ1v) is 6.57. The lowest BCUT2D eigenvalue weighted by molar-refractivity contribution is 0.0600. The predicted molar refractivity (Wildman–Crippen MR) is 83.2 cm³/mol. The molecular weight excluding hydrogens is 264 g/mol. The van der Waals surface area contributed by atoms with Gasteiger partial charge in [0.1, 0.15) is 0 Å². The molecule has 0 saturated carbocycles.